The van der Waals surface area contributed by atoms with Gasteiger partial charge in [-0.25, -0.2) is 29.9 Å². The quantitative estimate of drug-likeness (QED) is 0.138. The maximum Gasteiger partial charge on any atom is 0.170 e. The highest BCUT2D eigenvalue weighted by molar-refractivity contribution is 9.10. The summed E-state index contributed by atoms with van der Waals surface area (Å²) in [5, 5.41) is 1.83. The SMILES string of the molecule is CSc1nc(-c2ccccc2)cn2c(-c3ccc(-c4cnc(C5CC5)[nH]4)cc3)cnc12.CSc1nc(Br)cn2c(-c3ccc(-c4cnc(C5CC5)[nH]4)cc3)cnc12. The van der Waals surface area contributed by atoms with Gasteiger partial charge in [0.05, 0.1) is 53.3 Å². The number of aromatic amines is 2. The Morgan fingerprint density at radius 1 is 0.544 bits per heavy atom. The molecule has 6 aromatic heterocycles. The first-order chi connectivity index (χ1) is 28.0. The van der Waals surface area contributed by atoms with Gasteiger partial charge in [0.2, 0.25) is 0 Å². The average Bonchev–Trinajstić information content (AvgIpc) is 4.06. The largest absolute Gasteiger partial charge is 0.342 e. The number of imidazole rings is 4. The van der Waals surface area contributed by atoms with Crippen molar-refractivity contribution in [1.29, 1.82) is 0 Å². The number of hydrogen-bond acceptors (Lipinski definition) is 8. The van der Waals surface area contributed by atoms with E-state index in [0.717, 1.165) is 93.9 Å². The Balaban J connectivity index is 0.000000141. The molecule has 3 aromatic carbocycles. The summed E-state index contributed by atoms with van der Waals surface area (Å²) in [7, 11) is 0. The number of H-pyrrole nitrogens is 2. The number of nitrogens with zero attached hydrogens (tertiary/aromatic N) is 8. The first-order valence-electron chi connectivity index (χ1n) is 18.9. The van der Waals surface area contributed by atoms with Crippen LogP contribution in [0, 0.1) is 0 Å². The topological polar surface area (TPSA) is 118 Å². The maximum absolute atomic E-state index is 4.84. The van der Waals surface area contributed by atoms with Gasteiger partial charge in [0.25, 0.3) is 0 Å². The molecule has 0 saturated heterocycles. The number of benzene rings is 3. The second-order valence-electron chi connectivity index (χ2n) is 14.3. The Labute approximate surface area is 346 Å². The molecule has 0 spiro atoms. The zero-order chi connectivity index (χ0) is 38.5. The molecule has 6 heterocycles. The van der Waals surface area contributed by atoms with Gasteiger partial charge in [-0.05, 0) is 65.3 Å². The van der Waals surface area contributed by atoms with Crippen LogP contribution in [0.15, 0.2) is 131 Å². The first kappa shape index (κ1) is 35.9. The summed E-state index contributed by atoms with van der Waals surface area (Å²) in [6, 6.07) is 27.4. The average molecular weight is 850 g/mol. The first-order valence-corrected chi connectivity index (χ1v) is 22.1. The molecule has 13 heteroatoms. The van der Waals surface area contributed by atoms with Crippen molar-refractivity contribution in [3.63, 3.8) is 0 Å². The number of fused-ring (bicyclic) bond motifs is 2. The maximum atomic E-state index is 4.84. The molecule has 2 aliphatic rings. The highest BCUT2D eigenvalue weighted by Gasteiger charge is 2.27. The second kappa shape index (κ2) is 15.1. The van der Waals surface area contributed by atoms with Gasteiger partial charge in [-0.15, -0.1) is 23.5 Å². The Hall–Kier alpha value is -5.50. The van der Waals surface area contributed by atoms with Gasteiger partial charge < -0.3 is 9.97 Å². The van der Waals surface area contributed by atoms with Crippen LogP contribution in [0.4, 0.5) is 0 Å². The molecular formula is C44H37BrN10S2. The molecule has 0 bridgehead atoms. The molecule has 282 valence electrons. The molecule has 9 aromatic rings. The summed E-state index contributed by atoms with van der Waals surface area (Å²) in [6.45, 7) is 0. The molecule has 11 rings (SSSR count). The van der Waals surface area contributed by atoms with Crippen molar-refractivity contribution in [3.8, 4) is 56.3 Å². The van der Waals surface area contributed by atoms with Crippen molar-refractivity contribution in [2.24, 2.45) is 0 Å². The Morgan fingerprint density at radius 3 is 1.51 bits per heavy atom. The summed E-state index contributed by atoms with van der Waals surface area (Å²) >= 11 is 6.71. The van der Waals surface area contributed by atoms with Crippen LogP contribution in [0.1, 0.15) is 49.2 Å². The van der Waals surface area contributed by atoms with E-state index in [4.69, 9.17) is 4.98 Å². The molecule has 57 heavy (non-hydrogen) atoms. The van der Waals surface area contributed by atoms with Crippen molar-refractivity contribution < 1.29 is 0 Å². The standard InChI is InChI=1S/C25H21N5S.C19H16BrN5S/c1-31-25-24-27-14-22(30(24)15-21(29-25)16-5-3-2-4-6-16)18-9-7-17(8-10-18)20-13-26-23(28-20)19-11-12-19;1-26-19-18-22-9-15(25(18)10-16(20)24-19)12-4-2-11(3-5-12)14-8-21-17(23-14)13-6-7-13/h2-10,13-15,19H,11-12H2,1H3,(H,26,28);2-5,8-10,13H,6-7H2,1H3,(H,21,23). The summed E-state index contributed by atoms with van der Waals surface area (Å²) in [6.07, 6.45) is 20.8. The number of aromatic nitrogens is 10. The number of rotatable bonds is 9. The number of thioether (sulfide) groups is 2. The Bertz CT molecular complexity index is 2850. The predicted octanol–water partition coefficient (Wildman–Crippen LogP) is 11.2. The van der Waals surface area contributed by atoms with Gasteiger partial charge in [0, 0.05) is 40.9 Å². The third-order valence-electron chi connectivity index (χ3n) is 10.5. The number of halogens is 1. The van der Waals surface area contributed by atoms with E-state index in [1.807, 2.05) is 61.7 Å². The number of hydrogen-bond donors (Lipinski definition) is 2. The highest BCUT2D eigenvalue weighted by Crippen LogP contribution is 2.40. The normalized spacial score (nSPS) is 13.9. The van der Waals surface area contributed by atoms with E-state index < -0.39 is 0 Å². The molecule has 2 saturated carbocycles. The highest BCUT2D eigenvalue weighted by atomic mass is 79.9. The van der Waals surface area contributed by atoms with Gasteiger partial charge >= 0.3 is 0 Å². The van der Waals surface area contributed by atoms with E-state index in [-0.39, 0.29) is 0 Å². The minimum Gasteiger partial charge on any atom is -0.342 e. The molecule has 0 amide bonds. The molecule has 10 nitrogen and oxygen atoms in total. The van der Waals surface area contributed by atoms with Crippen molar-refractivity contribution in [3.05, 3.63) is 132 Å². The lowest BCUT2D eigenvalue weighted by atomic mass is 10.1. The lowest BCUT2D eigenvalue weighted by Gasteiger charge is -2.09. The monoisotopic (exact) mass is 848 g/mol. The summed E-state index contributed by atoms with van der Waals surface area (Å²) < 4.78 is 5.03. The molecule has 2 aliphatic carbocycles. The third-order valence-corrected chi connectivity index (χ3v) is 12.2. The van der Waals surface area contributed by atoms with Crippen molar-refractivity contribution >= 4 is 50.7 Å². The lowest BCUT2D eigenvalue weighted by Crippen LogP contribution is -1.96. The van der Waals surface area contributed by atoms with Crippen LogP contribution >= 0.6 is 39.5 Å². The summed E-state index contributed by atoms with van der Waals surface area (Å²) in [5.74, 6) is 3.50. The fraction of sp³-hybridized carbons (Fsp3) is 0.182. The van der Waals surface area contributed by atoms with E-state index in [9.17, 15) is 0 Å². The van der Waals surface area contributed by atoms with Crippen LogP contribution in [0.25, 0.3) is 67.6 Å². The van der Waals surface area contributed by atoms with Gasteiger partial charge in [-0.3, -0.25) is 8.80 Å². The third kappa shape index (κ3) is 7.19. The Morgan fingerprint density at radius 2 is 1.02 bits per heavy atom. The van der Waals surface area contributed by atoms with Crippen molar-refractivity contribution in [2.45, 2.75) is 47.6 Å². The van der Waals surface area contributed by atoms with Crippen LogP contribution in [-0.2, 0) is 0 Å². The molecule has 0 aliphatic heterocycles. The van der Waals surface area contributed by atoms with Crippen molar-refractivity contribution in [1.82, 2.24) is 48.7 Å². The van der Waals surface area contributed by atoms with Gasteiger partial charge in [0.1, 0.15) is 26.3 Å². The van der Waals surface area contributed by atoms with E-state index in [2.05, 4.69) is 126 Å². The van der Waals surface area contributed by atoms with Crippen LogP contribution in [0.2, 0.25) is 0 Å². The molecule has 0 radical (unpaired) electrons. The Kier molecular flexibility index (Phi) is 9.51. The zero-order valence-corrected chi connectivity index (χ0v) is 34.4. The molecule has 2 N–H and O–H groups in total. The number of nitrogens with one attached hydrogen (secondary N) is 2. The summed E-state index contributed by atoms with van der Waals surface area (Å²) in [4.78, 5) is 34.5. The molecule has 0 atom stereocenters. The van der Waals surface area contributed by atoms with E-state index in [1.165, 1.54) is 25.7 Å². The van der Waals surface area contributed by atoms with Gasteiger partial charge in [0.15, 0.2) is 11.3 Å². The van der Waals surface area contributed by atoms with Crippen LogP contribution in [-0.4, -0.2) is 61.2 Å². The van der Waals surface area contributed by atoms with Crippen LogP contribution in [0.3, 0.4) is 0 Å². The van der Waals surface area contributed by atoms with Gasteiger partial charge in [-0.2, -0.15) is 0 Å². The van der Waals surface area contributed by atoms with E-state index >= 15 is 0 Å². The fourth-order valence-corrected chi connectivity index (χ4v) is 8.62. The fourth-order valence-electron chi connectivity index (χ4n) is 7.08. The smallest absolute Gasteiger partial charge is 0.170 e. The van der Waals surface area contributed by atoms with Crippen molar-refractivity contribution in [2.75, 3.05) is 12.5 Å². The molecular weight excluding hydrogens is 813 g/mol. The predicted molar refractivity (Wildman–Crippen MR) is 233 cm³/mol. The van der Waals surface area contributed by atoms with E-state index in [0.29, 0.717) is 11.8 Å². The second-order valence-corrected chi connectivity index (χ2v) is 16.7. The van der Waals surface area contributed by atoms with Gasteiger partial charge in [-0.1, -0.05) is 78.9 Å². The van der Waals surface area contributed by atoms with E-state index in [1.54, 1.807) is 23.5 Å². The molecule has 2 fully saturated rings. The molecule has 0 unspecified atom stereocenters. The van der Waals surface area contributed by atoms with Crippen LogP contribution < -0.4 is 0 Å². The zero-order valence-electron chi connectivity index (χ0n) is 31.2. The minimum absolute atomic E-state index is 0.629. The summed E-state index contributed by atoms with van der Waals surface area (Å²) in [5.41, 5.74) is 12.6. The van der Waals surface area contributed by atoms with Crippen LogP contribution in [0.5, 0.6) is 0 Å². The minimum atomic E-state index is 0.629. The lowest BCUT2D eigenvalue weighted by molar-refractivity contribution is 0.977.